The van der Waals surface area contributed by atoms with Crippen molar-refractivity contribution in [2.24, 2.45) is 16.8 Å². The molecule has 4 aliphatic rings. The molecule has 29 heavy (non-hydrogen) atoms. The fourth-order valence-electron chi connectivity index (χ4n) is 6.02. The Kier molecular flexibility index (Phi) is 5.95. The maximum Gasteiger partial charge on any atom is 0.193 e. The van der Waals surface area contributed by atoms with E-state index in [1.807, 2.05) is 7.05 Å². The van der Waals surface area contributed by atoms with E-state index in [0.29, 0.717) is 0 Å². The summed E-state index contributed by atoms with van der Waals surface area (Å²) < 4.78 is 0. The van der Waals surface area contributed by atoms with Gasteiger partial charge in [-0.05, 0) is 43.9 Å². The minimum Gasteiger partial charge on any atom is -0.356 e. The fraction of sp³-hybridized carbons (Fsp3) is 0.818. The van der Waals surface area contributed by atoms with Gasteiger partial charge in [0.2, 0.25) is 0 Å². The zero-order valence-electron chi connectivity index (χ0n) is 17.9. The van der Waals surface area contributed by atoms with E-state index in [9.17, 15) is 0 Å². The zero-order chi connectivity index (χ0) is 19.6. The quantitative estimate of drug-likeness (QED) is 0.591. The van der Waals surface area contributed by atoms with Gasteiger partial charge in [-0.1, -0.05) is 6.42 Å². The number of aromatic nitrogens is 1. The van der Waals surface area contributed by atoms with E-state index in [-0.39, 0.29) is 0 Å². The Hall–Kier alpha value is -1.34. The third-order valence-corrected chi connectivity index (χ3v) is 8.53. The maximum atomic E-state index is 4.84. The van der Waals surface area contributed by atoms with Crippen molar-refractivity contribution in [1.82, 2.24) is 20.1 Å². The number of hydrogen-bond acceptors (Lipinski definition) is 5. The number of piperazine rings is 1. The highest BCUT2D eigenvalue weighted by Crippen LogP contribution is 2.46. The van der Waals surface area contributed by atoms with Crippen LogP contribution < -0.4 is 10.2 Å². The molecule has 1 aromatic heterocycles. The molecule has 3 atom stereocenters. The summed E-state index contributed by atoms with van der Waals surface area (Å²) in [6.07, 6.45) is 9.53. The average Bonchev–Trinajstić information content (AvgIpc) is 3.55. The largest absolute Gasteiger partial charge is 0.356 e. The van der Waals surface area contributed by atoms with E-state index in [4.69, 9.17) is 4.98 Å². The first-order valence-corrected chi connectivity index (χ1v) is 12.6. The van der Waals surface area contributed by atoms with Crippen molar-refractivity contribution in [1.29, 1.82) is 0 Å². The number of aliphatic imine (C=N–C) groups is 1. The van der Waals surface area contributed by atoms with E-state index < -0.39 is 0 Å². The number of thiazole rings is 1. The van der Waals surface area contributed by atoms with Crippen LogP contribution in [0.25, 0.3) is 0 Å². The number of anilines is 1. The Bertz CT molecular complexity index is 704. The van der Waals surface area contributed by atoms with Crippen LogP contribution in [-0.4, -0.2) is 79.6 Å². The van der Waals surface area contributed by atoms with Crippen LogP contribution in [0.15, 0.2) is 10.4 Å². The SMILES string of the molecule is CN=C(NCCc1csc(N2CCCC2)n1)N1CCN(C2CC3CCC2C3)CC1. The van der Waals surface area contributed by atoms with E-state index in [1.165, 1.54) is 75.5 Å². The van der Waals surface area contributed by atoms with Crippen molar-refractivity contribution in [3.63, 3.8) is 0 Å². The van der Waals surface area contributed by atoms with E-state index in [1.54, 1.807) is 11.3 Å². The second-order valence-electron chi connectivity index (χ2n) is 9.30. The predicted octanol–water partition coefficient (Wildman–Crippen LogP) is 2.67. The Morgan fingerprint density at radius 2 is 1.97 bits per heavy atom. The summed E-state index contributed by atoms with van der Waals surface area (Å²) in [4.78, 5) is 17.1. The van der Waals surface area contributed by atoms with Crippen LogP contribution in [0.4, 0.5) is 5.13 Å². The van der Waals surface area contributed by atoms with Gasteiger partial charge in [-0.2, -0.15) is 0 Å². The predicted molar refractivity (Wildman–Crippen MR) is 121 cm³/mol. The average molecular weight is 417 g/mol. The van der Waals surface area contributed by atoms with E-state index in [0.717, 1.165) is 49.9 Å². The van der Waals surface area contributed by atoms with Crippen molar-refractivity contribution in [2.75, 3.05) is 57.8 Å². The molecule has 2 saturated carbocycles. The standard InChI is InChI=1S/C22H36N6S/c1-23-21(24-7-6-19-16-29-22(25-19)28-8-2-3-9-28)27-12-10-26(11-13-27)20-15-17-4-5-18(20)14-17/h16-18,20H,2-15H2,1H3,(H,23,24). The molecule has 3 unspecified atom stereocenters. The van der Waals surface area contributed by atoms with Crippen molar-refractivity contribution in [3.05, 3.63) is 11.1 Å². The normalized spacial score (nSPS) is 30.5. The lowest BCUT2D eigenvalue weighted by Crippen LogP contribution is -2.55. The molecule has 0 radical (unpaired) electrons. The van der Waals surface area contributed by atoms with Crippen molar-refractivity contribution < 1.29 is 0 Å². The number of nitrogens with one attached hydrogen (secondary N) is 1. The molecule has 2 saturated heterocycles. The molecular formula is C22H36N6S. The molecule has 3 heterocycles. The summed E-state index contributed by atoms with van der Waals surface area (Å²) in [6, 6.07) is 0.875. The van der Waals surface area contributed by atoms with Gasteiger partial charge in [0.05, 0.1) is 5.69 Å². The van der Waals surface area contributed by atoms with Crippen molar-refractivity contribution in [3.8, 4) is 0 Å². The number of hydrogen-bond donors (Lipinski definition) is 1. The second-order valence-corrected chi connectivity index (χ2v) is 10.1. The first kappa shape index (κ1) is 19.6. The Labute approximate surface area is 179 Å². The summed E-state index contributed by atoms with van der Waals surface area (Å²) >= 11 is 1.80. The molecule has 160 valence electrons. The molecule has 0 amide bonds. The summed E-state index contributed by atoms with van der Waals surface area (Å²) in [7, 11) is 1.92. The first-order valence-electron chi connectivity index (χ1n) is 11.7. The number of fused-ring (bicyclic) bond motifs is 2. The van der Waals surface area contributed by atoms with Crippen LogP contribution in [0.3, 0.4) is 0 Å². The third-order valence-electron chi connectivity index (χ3n) is 7.58. The van der Waals surface area contributed by atoms with Crippen molar-refractivity contribution >= 4 is 22.4 Å². The van der Waals surface area contributed by atoms with Gasteiger partial charge in [0.25, 0.3) is 0 Å². The molecule has 5 rings (SSSR count). The van der Waals surface area contributed by atoms with Crippen LogP contribution >= 0.6 is 11.3 Å². The highest BCUT2D eigenvalue weighted by Gasteiger charge is 2.42. The van der Waals surface area contributed by atoms with Gasteiger partial charge in [0.1, 0.15) is 0 Å². The van der Waals surface area contributed by atoms with Gasteiger partial charge in [-0.15, -0.1) is 11.3 Å². The molecule has 4 fully saturated rings. The van der Waals surface area contributed by atoms with E-state index >= 15 is 0 Å². The van der Waals surface area contributed by atoms with E-state index in [2.05, 4.69) is 30.4 Å². The molecule has 0 aromatic carbocycles. The lowest BCUT2D eigenvalue weighted by Gasteiger charge is -2.41. The summed E-state index contributed by atoms with van der Waals surface area (Å²) in [5, 5.41) is 7.02. The molecule has 0 spiro atoms. The summed E-state index contributed by atoms with van der Waals surface area (Å²) in [6.45, 7) is 7.84. The Morgan fingerprint density at radius 1 is 1.14 bits per heavy atom. The molecule has 7 heteroatoms. The van der Waals surface area contributed by atoms with Crippen LogP contribution in [-0.2, 0) is 6.42 Å². The summed E-state index contributed by atoms with van der Waals surface area (Å²) in [5.74, 6) is 3.09. The third kappa shape index (κ3) is 4.26. The zero-order valence-corrected chi connectivity index (χ0v) is 18.7. The number of guanidine groups is 1. The molecular weight excluding hydrogens is 380 g/mol. The maximum absolute atomic E-state index is 4.84. The van der Waals surface area contributed by atoms with Gasteiger partial charge in [0.15, 0.2) is 11.1 Å². The number of nitrogens with zero attached hydrogens (tertiary/aromatic N) is 5. The lowest BCUT2D eigenvalue weighted by molar-refractivity contribution is 0.0959. The van der Waals surface area contributed by atoms with Crippen LogP contribution in [0.1, 0.15) is 44.2 Å². The summed E-state index contributed by atoms with van der Waals surface area (Å²) in [5.41, 5.74) is 1.21. The highest BCUT2D eigenvalue weighted by molar-refractivity contribution is 7.13. The van der Waals surface area contributed by atoms with Gasteiger partial charge in [0, 0.05) is 70.7 Å². The minimum atomic E-state index is 0.875. The van der Waals surface area contributed by atoms with Crippen molar-refractivity contribution in [2.45, 2.75) is 51.0 Å². The van der Waals surface area contributed by atoms with Gasteiger partial charge in [-0.3, -0.25) is 9.89 Å². The topological polar surface area (TPSA) is 47.0 Å². The fourth-order valence-corrected chi connectivity index (χ4v) is 6.94. The highest BCUT2D eigenvalue weighted by atomic mass is 32.1. The van der Waals surface area contributed by atoms with Gasteiger partial charge >= 0.3 is 0 Å². The first-order chi connectivity index (χ1) is 14.3. The number of rotatable bonds is 5. The molecule has 1 N–H and O–H groups in total. The van der Waals surface area contributed by atoms with Gasteiger partial charge in [-0.25, -0.2) is 4.98 Å². The molecule has 2 aliphatic carbocycles. The minimum absolute atomic E-state index is 0.875. The molecule has 2 bridgehead atoms. The van der Waals surface area contributed by atoms with Crippen LogP contribution in [0.5, 0.6) is 0 Å². The van der Waals surface area contributed by atoms with Crippen LogP contribution in [0.2, 0.25) is 0 Å². The van der Waals surface area contributed by atoms with Gasteiger partial charge < -0.3 is 15.1 Å². The Balaban J connectivity index is 1.06. The molecule has 1 aromatic rings. The van der Waals surface area contributed by atoms with Crippen LogP contribution in [0, 0.1) is 11.8 Å². The molecule has 2 aliphatic heterocycles. The molecule has 6 nitrogen and oxygen atoms in total. The lowest BCUT2D eigenvalue weighted by atomic mass is 9.93. The second kappa shape index (κ2) is 8.80. The smallest absolute Gasteiger partial charge is 0.193 e. The monoisotopic (exact) mass is 416 g/mol. The Morgan fingerprint density at radius 3 is 2.66 bits per heavy atom.